The third-order valence-corrected chi connectivity index (χ3v) is 10.2. The number of hydrogen-bond acceptors (Lipinski definition) is 17. The highest BCUT2D eigenvalue weighted by Crippen LogP contribution is 2.34. The van der Waals surface area contributed by atoms with Crippen molar-refractivity contribution in [3.8, 4) is 0 Å². The van der Waals surface area contributed by atoms with E-state index in [0.717, 1.165) is 38.5 Å². The summed E-state index contributed by atoms with van der Waals surface area (Å²) in [6.07, 6.45) is -13.6. The number of carbonyl (C=O) groups excluding carboxylic acids is 1. The first-order valence-corrected chi connectivity index (χ1v) is 19.0. The highest BCUT2D eigenvalue weighted by molar-refractivity contribution is 5.72. The molecule has 10 N–H and O–H groups in total. The molecule has 0 spiro atoms. The first kappa shape index (κ1) is 45.3. The minimum atomic E-state index is -1.93. The molecule has 3 aliphatic heterocycles. The van der Waals surface area contributed by atoms with Crippen LogP contribution in [0, 0.1) is 5.92 Å². The Hall–Kier alpha value is -1.13. The molecular formula is C35H64O17. The van der Waals surface area contributed by atoms with E-state index in [1.165, 1.54) is 32.1 Å². The van der Waals surface area contributed by atoms with Crippen LogP contribution in [0.4, 0.5) is 0 Å². The molecule has 16 atom stereocenters. The summed E-state index contributed by atoms with van der Waals surface area (Å²) in [4.78, 5) is 13.8. The number of unbranched alkanes of at least 4 members (excludes halogenated alkanes) is 9. The number of rotatable bonds is 22. The van der Waals surface area contributed by atoms with Gasteiger partial charge in [0.05, 0.1) is 25.7 Å². The lowest BCUT2D eigenvalue weighted by Crippen LogP contribution is -2.67. The van der Waals surface area contributed by atoms with Crippen molar-refractivity contribution in [1.29, 1.82) is 0 Å². The maximum absolute atomic E-state index is 13.8. The fraction of sp³-hybridized carbons (Fsp3) is 0.971. The van der Waals surface area contributed by atoms with Crippen molar-refractivity contribution in [2.24, 2.45) is 5.92 Å². The van der Waals surface area contributed by atoms with Crippen molar-refractivity contribution >= 4 is 5.97 Å². The van der Waals surface area contributed by atoms with E-state index >= 15 is 0 Å². The molecule has 3 saturated heterocycles. The molecule has 3 heterocycles. The zero-order chi connectivity index (χ0) is 38.4. The highest BCUT2D eigenvalue weighted by Gasteiger charge is 2.55. The van der Waals surface area contributed by atoms with Gasteiger partial charge in [0.1, 0.15) is 67.1 Å². The van der Waals surface area contributed by atoms with Crippen LogP contribution < -0.4 is 0 Å². The minimum Gasteiger partial charge on any atom is -0.432 e. The maximum Gasteiger partial charge on any atom is 0.311 e. The van der Waals surface area contributed by atoms with Crippen LogP contribution in [0.15, 0.2) is 0 Å². The van der Waals surface area contributed by atoms with Crippen LogP contribution in [-0.4, -0.2) is 169 Å². The summed E-state index contributed by atoms with van der Waals surface area (Å²) in [6, 6.07) is 0. The lowest BCUT2D eigenvalue weighted by molar-refractivity contribution is -0.388. The SMILES string of the molecule is CCCCCCCCCCCC(CCCC)C(=O)O[C@@H]1O[C@H](CO)[C@@H](O)[C@H](O[C@@H]2O[C@H](CO)[C@@H](O)[C@H](O)[C@H]2O)[C@H]1O[C@@H]1O[C@H](CO)[C@@H](O)[C@H](O)[C@H]1O. The zero-order valence-electron chi connectivity index (χ0n) is 30.4. The average Bonchev–Trinajstić information content (AvgIpc) is 3.14. The predicted molar refractivity (Wildman–Crippen MR) is 180 cm³/mol. The van der Waals surface area contributed by atoms with E-state index in [0.29, 0.717) is 12.8 Å². The molecule has 0 aromatic rings. The maximum atomic E-state index is 13.8. The van der Waals surface area contributed by atoms with E-state index in [1.807, 2.05) is 6.92 Å². The fourth-order valence-corrected chi connectivity index (χ4v) is 6.85. The Morgan fingerprint density at radius 3 is 1.38 bits per heavy atom. The largest absolute Gasteiger partial charge is 0.432 e. The normalized spacial score (nSPS) is 39.0. The van der Waals surface area contributed by atoms with E-state index in [4.69, 9.17) is 28.4 Å². The van der Waals surface area contributed by atoms with Gasteiger partial charge in [-0.25, -0.2) is 0 Å². The number of aliphatic hydroxyl groups is 10. The van der Waals surface area contributed by atoms with Crippen molar-refractivity contribution in [2.75, 3.05) is 19.8 Å². The van der Waals surface area contributed by atoms with Crippen LogP contribution >= 0.6 is 0 Å². The van der Waals surface area contributed by atoms with Gasteiger partial charge in [0.15, 0.2) is 18.7 Å². The second-order valence-electron chi connectivity index (χ2n) is 14.2. The van der Waals surface area contributed by atoms with Gasteiger partial charge in [-0.2, -0.15) is 0 Å². The van der Waals surface area contributed by atoms with Crippen molar-refractivity contribution in [2.45, 2.75) is 189 Å². The molecule has 17 heteroatoms. The first-order valence-electron chi connectivity index (χ1n) is 19.0. The Morgan fingerprint density at radius 2 is 0.904 bits per heavy atom. The van der Waals surface area contributed by atoms with Crippen LogP contribution in [-0.2, 0) is 33.2 Å². The smallest absolute Gasteiger partial charge is 0.311 e. The molecule has 0 amide bonds. The van der Waals surface area contributed by atoms with Crippen molar-refractivity contribution < 1.29 is 84.3 Å². The minimum absolute atomic E-state index is 0.508. The van der Waals surface area contributed by atoms with Crippen molar-refractivity contribution in [3.05, 3.63) is 0 Å². The van der Waals surface area contributed by atoms with E-state index in [-0.39, 0.29) is 0 Å². The molecule has 3 fully saturated rings. The van der Waals surface area contributed by atoms with E-state index in [9.17, 15) is 55.9 Å². The van der Waals surface area contributed by atoms with E-state index in [1.54, 1.807) is 0 Å². The third kappa shape index (κ3) is 12.2. The van der Waals surface area contributed by atoms with Gasteiger partial charge in [-0.3, -0.25) is 4.79 Å². The molecule has 0 bridgehead atoms. The van der Waals surface area contributed by atoms with Gasteiger partial charge in [0, 0.05) is 0 Å². The molecular weight excluding hydrogens is 692 g/mol. The number of carbonyl (C=O) groups is 1. The second-order valence-corrected chi connectivity index (χ2v) is 14.2. The lowest BCUT2D eigenvalue weighted by atomic mass is 9.94. The summed E-state index contributed by atoms with van der Waals surface area (Å²) in [5.74, 6) is -1.22. The molecule has 0 aromatic carbocycles. The van der Waals surface area contributed by atoms with Crippen LogP contribution in [0.25, 0.3) is 0 Å². The fourth-order valence-electron chi connectivity index (χ4n) is 6.85. The highest BCUT2D eigenvalue weighted by atomic mass is 16.8. The molecule has 306 valence electrons. The van der Waals surface area contributed by atoms with Gasteiger partial charge in [-0.15, -0.1) is 0 Å². The molecule has 17 nitrogen and oxygen atoms in total. The standard InChI is InChI=1S/C35H64O17/c1-3-5-7-8-9-10-11-12-13-15-19(14-6-4-2)32(46)52-35-31(51-34-29(45)27(43)24(40)21(17-37)48-34)30(25(41)22(18-38)49-35)50-33-28(44)26(42)23(39)20(16-36)47-33/h19-31,33-45H,3-18H2,1-2H3/t19?,20-,21-,22-,23-,24-,25-,26+,27+,28-,29-,30+,31-,33+,34+,35+/m1/s1. The Labute approximate surface area is 305 Å². The molecule has 3 rings (SSSR count). The zero-order valence-corrected chi connectivity index (χ0v) is 30.4. The third-order valence-electron chi connectivity index (χ3n) is 10.2. The van der Waals surface area contributed by atoms with E-state index < -0.39 is 124 Å². The predicted octanol–water partition coefficient (Wildman–Crippen LogP) is -1.29. The van der Waals surface area contributed by atoms with Crippen LogP contribution in [0.2, 0.25) is 0 Å². The molecule has 0 saturated carbocycles. The summed E-state index contributed by atoms with van der Waals surface area (Å²) in [5, 5.41) is 104. The molecule has 0 aromatic heterocycles. The van der Waals surface area contributed by atoms with Crippen LogP contribution in [0.1, 0.15) is 97.3 Å². The molecule has 0 radical (unpaired) electrons. The molecule has 0 aliphatic carbocycles. The second kappa shape index (κ2) is 23.1. The Balaban J connectivity index is 1.85. The van der Waals surface area contributed by atoms with Crippen LogP contribution in [0.5, 0.6) is 0 Å². The number of hydrogen-bond donors (Lipinski definition) is 10. The van der Waals surface area contributed by atoms with E-state index in [2.05, 4.69) is 6.92 Å². The topological polar surface area (TPSA) is 275 Å². The van der Waals surface area contributed by atoms with Gasteiger partial charge in [0.2, 0.25) is 6.29 Å². The summed E-state index contributed by atoms with van der Waals surface area (Å²) in [6.45, 7) is 1.78. The number of ether oxygens (including phenoxy) is 6. The van der Waals surface area contributed by atoms with Gasteiger partial charge in [0.25, 0.3) is 0 Å². The van der Waals surface area contributed by atoms with Crippen molar-refractivity contribution in [1.82, 2.24) is 0 Å². The van der Waals surface area contributed by atoms with Crippen molar-refractivity contribution in [3.63, 3.8) is 0 Å². The van der Waals surface area contributed by atoms with Gasteiger partial charge in [-0.1, -0.05) is 84.5 Å². The Bertz CT molecular complexity index is 989. The monoisotopic (exact) mass is 756 g/mol. The van der Waals surface area contributed by atoms with Gasteiger partial charge >= 0.3 is 5.97 Å². The Morgan fingerprint density at radius 1 is 0.500 bits per heavy atom. The molecule has 3 aliphatic rings. The number of esters is 1. The summed E-state index contributed by atoms with van der Waals surface area (Å²) in [5.41, 5.74) is 0. The Kier molecular flexibility index (Phi) is 20.1. The quantitative estimate of drug-likeness (QED) is 0.0454. The average molecular weight is 757 g/mol. The summed E-state index contributed by atoms with van der Waals surface area (Å²) in [7, 11) is 0. The summed E-state index contributed by atoms with van der Waals surface area (Å²) < 4.78 is 34.5. The van der Waals surface area contributed by atoms with Gasteiger partial charge in [-0.05, 0) is 12.8 Å². The van der Waals surface area contributed by atoms with Gasteiger partial charge < -0.3 is 79.5 Å². The number of aliphatic hydroxyl groups excluding tert-OH is 10. The lowest BCUT2D eigenvalue weighted by Gasteiger charge is -2.48. The summed E-state index contributed by atoms with van der Waals surface area (Å²) >= 11 is 0. The molecule has 1 unspecified atom stereocenters. The first-order chi connectivity index (χ1) is 24.9. The molecule has 52 heavy (non-hydrogen) atoms. The van der Waals surface area contributed by atoms with Crippen LogP contribution in [0.3, 0.4) is 0 Å².